The highest BCUT2D eigenvalue weighted by Crippen LogP contribution is 2.06. The van der Waals surface area contributed by atoms with Gasteiger partial charge in [-0.2, -0.15) is 0 Å². The normalized spacial score (nSPS) is 29.1. The smallest absolute Gasteiger partial charge is 0.320 e. The zero-order valence-electron chi connectivity index (χ0n) is 9.95. The molecule has 0 aromatic carbocycles. The first-order valence-electron chi connectivity index (χ1n) is 6.05. The average molecular weight is 227 g/mol. The molecule has 2 aliphatic heterocycles. The van der Waals surface area contributed by atoms with Crippen LogP contribution in [0.5, 0.6) is 0 Å². The molecule has 1 N–H and O–H groups in total. The number of piperazine rings is 1. The van der Waals surface area contributed by atoms with Gasteiger partial charge in [-0.25, -0.2) is 0 Å². The maximum absolute atomic E-state index is 11.1. The Morgan fingerprint density at radius 2 is 2.12 bits per heavy atom. The van der Waals surface area contributed by atoms with E-state index in [0.717, 1.165) is 45.7 Å². The van der Waals surface area contributed by atoms with Crippen molar-refractivity contribution in [2.75, 3.05) is 52.9 Å². The number of carbonyl (C=O) groups is 1. The van der Waals surface area contributed by atoms with E-state index in [0.29, 0.717) is 6.54 Å². The molecule has 0 aromatic heterocycles. The molecule has 2 fully saturated rings. The average Bonchev–Trinajstić information content (AvgIpc) is 2.28. The zero-order chi connectivity index (χ0) is 11.4. The highest BCUT2D eigenvalue weighted by Gasteiger charge is 2.21. The first-order chi connectivity index (χ1) is 7.74. The van der Waals surface area contributed by atoms with Gasteiger partial charge in [-0.1, -0.05) is 0 Å². The Labute approximate surface area is 96.7 Å². The van der Waals surface area contributed by atoms with Crippen LogP contribution >= 0.6 is 0 Å². The first-order valence-corrected chi connectivity index (χ1v) is 6.05. The molecule has 2 rings (SSSR count). The molecule has 0 bridgehead atoms. The van der Waals surface area contributed by atoms with Gasteiger partial charge in [0.25, 0.3) is 0 Å². The SMILES string of the molecule is CN1CCN(CCC2CNCC(=O)O2)CC1. The highest BCUT2D eigenvalue weighted by molar-refractivity contribution is 5.72. The van der Waals surface area contributed by atoms with Crippen molar-refractivity contribution in [2.45, 2.75) is 12.5 Å². The molecule has 16 heavy (non-hydrogen) atoms. The van der Waals surface area contributed by atoms with Gasteiger partial charge in [0.1, 0.15) is 6.10 Å². The van der Waals surface area contributed by atoms with Crippen molar-refractivity contribution in [1.29, 1.82) is 0 Å². The number of hydrogen-bond acceptors (Lipinski definition) is 5. The zero-order valence-corrected chi connectivity index (χ0v) is 9.95. The molecule has 0 aliphatic carbocycles. The lowest BCUT2D eigenvalue weighted by molar-refractivity contribution is -0.152. The predicted molar refractivity (Wildman–Crippen MR) is 61.3 cm³/mol. The molecule has 0 aromatic rings. The van der Waals surface area contributed by atoms with E-state index in [1.165, 1.54) is 0 Å². The second-order valence-corrected chi connectivity index (χ2v) is 4.68. The van der Waals surface area contributed by atoms with Crippen molar-refractivity contribution < 1.29 is 9.53 Å². The molecule has 0 saturated carbocycles. The lowest BCUT2D eigenvalue weighted by Crippen LogP contribution is -2.47. The fourth-order valence-electron chi connectivity index (χ4n) is 2.16. The summed E-state index contributed by atoms with van der Waals surface area (Å²) in [6, 6.07) is 0. The summed E-state index contributed by atoms with van der Waals surface area (Å²) >= 11 is 0. The topological polar surface area (TPSA) is 44.8 Å². The number of likely N-dealkylation sites (N-methyl/N-ethyl adjacent to an activating group) is 1. The minimum atomic E-state index is -0.116. The van der Waals surface area contributed by atoms with E-state index >= 15 is 0 Å². The molecule has 0 spiro atoms. The van der Waals surface area contributed by atoms with E-state index in [1.54, 1.807) is 0 Å². The molecule has 0 radical (unpaired) electrons. The van der Waals surface area contributed by atoms with Gasteiger partial charge in [0.2, 0.25) is 0 Å². The quantitative estimate of drug-likeness (QED) is 0.636. The lowest BCUT2D eigenvalue weighted by atomic mass is 10.2. The van der Waals surface area contributed by atoms with E-state index in [1.807, 2.05) is 0 Å². The lowest BCUT2D eigenvalue weighted by Gasteiger charge is -2.33. The molecular weight excluding hydrogens is 206 g/mol. The van der Waals surface area contributed by atoms with Crippen LogP contribution in [0.1, 0.15) is 6.42 Å². The number of rotatable bonds is 3. The number of nitrogens with one attached hydrogen (secondary N) is 1. The summed E-state index contributed by atoms with van der Waals surface area (Å²) < 4.78 is 5.26. The van der Waals surface area contributed by atoms with Crippen molar-refractivity contribution in [3.8, 4) is 0 Å². The Hall–Kier alpha value is -0.650. The van der Waals surface area contributed by atoms with Gasteiger partial charge in [0, 0.05) is 39.3 Å². The number of ether oxygens (including phenoxy) is 1. The van der Waals surface area contributed by atoms with Gasteiger partial charge in [0.15, 0.2) is 0 Å². The predicted octanol–water partition coefficient (Wildman–Crippen LogP) is -0.861. The third-order valence-corrected chi connectivity index (χ3v) is 3.30. The number of nitrogens with zero attached hydrogens (tertiary/aromatic N) is 2. The maximum atomic E-state index is 11.1. The minimum Gasteiger partial charge on any atom is -0.460 e. The molecular formula is C11H21N3O2. The fourth-order valence-corrected chi connectivity index (χ4v) is 2.16. The molecule has 92 valence electrons. The molecule has 0 amide bonds. The minimum absolute atomic E-state index is 0.0703. The van der Waals surface area contributed by atoms with Crippen molar-refractivity contribution in [1.82, 2.24) is 15.1 Å². The van der Waals surface area contributed by atoms with Crippen LogP contribution in [0.25, 0.3) is 0 Å². The van der Waals surface area contributed by atoms with Crippen molar-refractivity contribution in [3.05, 3.63) is 0 Å². The van der Waals surface area contributed by atoms with Crippen LogP contribution in [0.3, 0.4) is 0 Å². The summed E-state index contributed by atoms with van der Waals surface area (Å²) in [5.41, 5.74) is 0. The van der Waals surface area contributed by atoms with E-state index in [-0.39, 0.29) is 12.1 Å². The second kappa shape index (κ2) is 5.61. The molecule has 5 heteroatoms. The number of esters is 1. The van der Waals surface area contributed by atoms with Crippen LogP contribution in [-0.4, -0.2) is 74.7 Å². The van der Waals surface area contributed by atoms with Crippen molar-refractivity contribution in [2.24, 2.45) is 0 Å². The number of carbonyl (C=O) groups excluding carboxylic acids is 1. The van der Waals surface area contributed by atoms with Gasteiger partial charge in [-0.05, 0) is 13.5 Å². The van der Waals surface area contributed by atoms with Gasteiger partial charge < -0.3 is 19.9 Å². The third-order valence-electron chi connectivity index (χ3n) is 3.30. The van der Waals surface area contributed by atoms with Crippen molar-refractivity contribution >= 4 is 5.97 Å². The van der Waals surface area contributed by atoms with Crippen LogP contribution in [-0.2, 0) is 9.53 Å². The monoisotopic (exact) mass is 227 g/mol. The Morgan fingerprint density at radius 1 is 1.38 bits per heavy atom. The Morgan fingerprint density at radius 3 is 2.81 bits per heavy atom. The Bertz CT molecular complexity index is 239. The van der Waals surface area contributed by atoms with Crippen LogP contribution in [0.15, 0.2) is 0 Å². The van der Waals surface area contributed by atoms with Crippen LogP contribution < -0.4 is 5.32 Å². The second-order valence-electron chi connectivity index (χ2n) is 4.68. The van der Waals surface area contributed by atoms with E-state index in [9.17, 15) is 4.79 Å². The summed E-state index contributed by atoms with van der Waals surface area (Å²) in [6.45, 7) is 6.75. The standard InChI is InChI=1S/C11H21N3O2/c1-13-4-6-14(7-5-13)3-2-10-8-12-9-11(15)16-10/h10,12H,2-9H2,1H3. The Balaban J connectivity index is 1.65. The highest BCUT2D eigenvalue weighted by atomic mass is 16.5. The molecule has 2 saturated heterocycles. The van der Waals surface area contributed by atoms with Crippen LogP contribution in [0, 0.1) is 0 Å². The first kappa shape index (κ1) is 11.8. The summed E-state index contributed by atoms with van der Waals surface area (Å²) in [5.74, 6) is -0.116. The van der Waals surface area contributed by atoms with Gasteiger partial charge in [-0.15, -0.1) is 0 Å². The number of morpholine rings is 1. The van der Waals surface area contributed by atoms with E-state index in [4.69, 9.17) is 4.74 Å². The molecule has 2 aliphatic rings. The van der Waals surface area contributed by atoms with Crippen LogP contribution in [0.4, 0.5) is 0 Å². The summed E-state index contributed by atoms with van der Waals surface area (Å²) in [4.78, 5) is 15.9. The van der Waals surface area contributed by atoms with Crippen molar-refractivity contribution in [3.63, 3.8) is 0 Å². The summed E-state index contributed by atoms with van der Waals surface area (Å²) in [5, 5.41) is 3.08. The van der Waals surface area contributed by atoms with E-state index < -0.39 is 0 Å². The molecule has 1 atom stereocenters. The third kappa shape index (κ3) is 3.43. The van der Waals surface area contributed by atoms with Gasteiger partial charge >= 0.3 is 5.97 Å². The van der Waals surface area contributed by atoms with Crippen LogP contribution in [0.2, 0.25) is 0 Å². The summed E-state index contributed by atoms with van der Waals surface area (Å²) in [6.07, 6.45) is 1.02. The molecule has 5 nitrogen and oxygen atoms in total. The Kier molecular flexibility index (Phi) is 4.15. The largest absolute Gasteiger partial charge is 0.460 e. The molecule has 2 heterocycles. The van der Waals surface area contributed by atoms with Gasteiger partial charge in [0.05, 0.1) is 6.54 Å². The number of hydrogen-bond donors (Lipinski definition) is 1. The fraction of sp³-hybridized carbons (Fsp3) is 0.909. The van der Waals surface area contributed by atoms with E-state index in [2.05, 4.69) is 22.2 Å². The maximum Gasteiger partial charge on any atom is 0.320 e. The summed E-state index contributed by atoms with van der Waals surface area (Å²) in [7, 11) is 2.16. The molecule has 1 unspecified atom stereocenters. The number of cyclic esters (lactones) is 1. The van der Waals surface area contributed by atoms with Gasteiger partial charge in [-0.3, -0.25) is 4.79 Å².